The van der Waals surface area contributed by atoms with Gasteiger partial charge in [-0.2, -0.15) is 0 Å². The number of anilines is 1. The molecule has 1 aromatic rings. The number of hydrogen-bond acceptors (Lipinski definition) is 3. The maximum Gasteiger partial charge on any atom is 0.0393 e. The van der Waals surface area contributed by atoms with Gasteiger partial charge in [-0.1, -0.05) is 39.5 Å². The van der Waals surface area contributed by atoms with Crippen LogP contribution in [-0.2, 0) is 0 Å². The molecular formula is C17H29N3. The van der Waals surface area contributed by atoms with Crippen LogP contribution >= 0.6 is 0 Å². The smallest absolute Gasteiger partial charge is 0.0393 e. The van der Waals surface area contributed by atoms with E-state index >= 15 is 0 Å². The normalized spacial score (nSPS) is 24.5. The van der Waals surface area contributed by atoms with Crippen molar-refractivity contribution in [3.63, 3.8) is 0 Å². The molecule has 0 bridgehead atoms. The highest BCUT2D eigenvalue weighted by molar-refractivity contribution is 5.46. The van der Waals surface area contributed by atoms with Gasteiger partial charge in [0.15, 0.2) is 0 Å². The summed E-state index contributed by atoms with van der Waals surface area (Å²) in [6.07, 6.45) is 11.8. The number of nitrogens with two attached hydrogens (primary N) is 1. The molecule has 1 unspecified atom stereocenters. The third kappa shape index (κ3) is 3.72. The number of nitrogens with one attached hydrogen (secondary N) is 1. The Labute approximate surface area is 123 Å². The van der Waals surface area contributed by atoms with Crippen LogP contribution in [0.1, 0.15) is 64.0 Å². The van der Waals surface area contributed by atoms with Gasteiger partial charge in [0.25, 0.3) is 0 Å². The average Bonchev–Trinajstić information content (AvgIpc) is 2.47. The van der Waals surface area contributed by atoms with Gasteiger partial charge in [-0.05, 0) is 37.3 Å². The van der Waals surface area contributed by atoms with E-state index in [-0.39, 0.29) is 0 Å². The second-order valence-electron chi connectivity index (χ2n) is 6.11. The highest BCUT2D eigenvalue weighted by Crippen LogP contribution is 2.39. The number of hydrogen-bond donors (Lipinski definition) is 2. The molecule has 0 saturated heterocycles. The molecule has 1 fully saturated rings. The summed E-state index contributed by atoms with van der Waals surface area (Å²) in [6, 6.07) is 2.29. The first-order chi connectivity index (χ1) is 9.76. The zero-order chi connectivity index (χ0) is 14.4. The fourth-order valence-corrected chi connectivity index (χ4v) is 3.65. The van der Waals surface area contributed by atoms with E-state index in [4.69, 9.17) is 5.73 Å². The van der Waals surface area contributed by atoms with Crippen LogP contribution in [0, 0.1) is 11.8 Å². The predicted octanol–water partition coefficient (Wildman–Crippen LogP) is 3.92. The van der Waals surface area contributed by atoms with Crippen LogP contribution in [0.5, 0.6) is 0 Å². The average molecular weight is 275 g/mol. The summed E-state index contributed by atoms with van der Waals surface area (Å²) in [6.45, 7) is 5.44. The summed E-state index contributed by atoms with van der Waals surface area (Å²) >= 11 is 0. The molecule has 3 heteroatoms. The van der Waals surface area contributed by atoms with Gasteiger partial charge in [0, 0.05) is 29.7 Å². The predicted molar refractivity (Wildman–Crippen MR) is 85.4 cm³/mol. The number of rotatable bonds is 6. The minimum atomic E-state index is 0.372. The molecule has 0 amide bonds. The van der Waals surface area contributed by atoms with Crippen molar-refractivity contribution in [2.75, 3.05) is 12.3 Å². The zero-order valence-corrected chi connectivity index (χ0v) is 12.9. The lowest BCUT2D eigenvalue weighted by molar-refractivity contribution is 0.216. The van der Waals surface area contributed by atoms with Gasteiger partial charge in [0.2, 0.25) is 0 Å². The minimum Gasteiger partial charge on any atom is -0.398 e. The standard InChI is InChI=1S/C17H29N3/c1-3-5-13-6-8-14(9-7-13)17(20-4-2)15-12-19-11-10-16(15)18/h10-14,17,20H,3-9H2,1-2H3,(H2,18,19). The van der Waals surface area contributed by atoms with Crippen LogP contribution in [0.2, 0.25) is 0 Å². The van der Waals surface area contributed by atoms with Crippen molar-refractivity contribution >= 4 is 5.69 Å². The van der Waals surface area contributed by atoms with Crippen molar-refractivity contribution in [3.8, 4) is 0 Å². The van der Waals surface area contributed by atoms with Crippen molar-refractivity contribution in [2.24, 2.45) is 11.8 Å². The maximum atomic E-state index is 6.15. The van der Waals surface area contributed by atoms with Gasteiger partial charge in [-0.3, -0.25) is 4.98 Å². The third-order valence-electron chi connectivity index (χ3n) is 4.71. The number of nitrogens with zero attached hydrogens (tertiary/aromatic N) is 1. The monoisotopic (exact) mass is 275 g/mol. The Morgan fingerprint density at radius 3 is 2.65 bits per heavy atom. The van der Waals surface area contributed by atoms with Gasteiger partial charge in [0.05, 0.1) is 0 Å². The molecule has 1 aliphatic carbocycles. The molecule has 0 aliphatic heterocycles. The van der Waals surface area contributed by atoms with E-state index in [1.54, 1.807) is 6.20 Å². The Hall–Kier alpha value is -1.09. The summed E-state index contributed by atoms with van der Waals surface area (Å²) in [5.74, 6) is 1.65. The molecule has 1 aliphatic rings. The van der Waals surface area contributed by atoms with Gasteiger partial charge < -0.3 is 11.1 Å². The Morgan fingerprint density at radius 1 is 1.30 bits per heavy atom. The van der Waals surface area contributed by atoms with Crippen molar-refractivity contribution < 1.29 is 0 Å². The van der Waals surface area contributed by atoms with Crippen molar-refractivity contribution in [3.05, 3.63) is 24.0 Å². The van der Waals surface area contributed by atoms with Crippen LogP contribution in [0.4, 0.5) is 5.69 Å². The Kier molecular flexibility index (Phi) is 5.84. The van der Waals surface area contributed by atoms with Crippen LogP contribution in [0.25, 0.3) is 0 Å². The summed E-state index contributed by atoms with van der Waals surface area (Å²) in [4.78, 5) is 4.27. The minimum absolute atomic E-state index is 0.372. The maximum absolute atomic E-state index is 6.15. The van der Waals surface area contributed by atoms with E-state index in [9.17, 15) is 0 Å². The lowest BCUT2D eigenvalue weighted by atomic mass is 9.75. The van der Waals surface area contributed by atoms with Crippen molar-refractivity contribution in [2.45, 2.75) is 58.4 Å². The second kappa shape index (κ2) is 7.63. The Morgan fingerprint density at radius 2 is 2.05 bits per heavy atom. The summed E-state index contributed by atoms with van der Waals surface area (Å²) in [7, 11) is 0. The van der Waals surface area contributed by atoms with Crippen LogP contribution in [0.3, 0.4) is 0 Å². The van der Waals surface area contributed by atoms with Gasteiger partial charge in [0.1, 0.15) is 0 Å². The highest BCUT2D eigenvalue weighted by Gasteiger charge is 2.28. The molecule has 1 atom stereocenters. The molecular weight excluding hydrogens is 246 g/mol. The lowest BCUT2D eigenvalue weighted by Crippen LogP contribution is -2.31. The van der Waals surface area contributed by atoms with E-state index < -0.39 is 0 Å². The largest absolute Gasteiger partial charge is 0.398 e. The Balaban J connectivity index is 2.05. The van der Waals surface area contributed by atoms with E-state index in [0.717, 1.165) is 18.2 Å². The number of nitrogen functional groups attached to an aromatic ring is 1. The van der Waals surface area contributed by atoms with Crippen LogP contribution in [0.15, 0.2) is 18.5 Å². The summed E-state index contributed by atoms with van der Waals surface area (Å²) in [5.41, 5.74) is 8.22. The topological polar surface area (TPSA) is 50.9 Å². The first-order valence-electron chi connectivity index (χ1n) is 8.19. The van der Waals surface area contributed by atoms with Gasteiger partial charge >= 0.3 is 0 Å². The van der Waals surface area contributed by atoms with Crippen LogP contribution in [-0.4, -0.2) is 11.5 Å². The van der Waals surface area contributed by atoms with E-state index in [1.807, 2.05) is 12.3 Å². The summed E-state index contributed by atoms with van der Waals surface area (Å²) < 4.78 is 0. The molecule has 1 heterocycles. The third-order valence-corrected chi connectivity index (χ3v) is 4.71. The number of pyridine rings is 1. The summed E-state index contributed by atoms with van der Waals surface area (Å²) in [5, 5.41) is 3.64. The first-order valence-corrected chi connectivity index (χ1v) is 8.19. The second-order valence-corrected chi connectivity index (χ2v) is 6.11. The van der Waals surface area contributed by atoms with Gasteiger partial charge in [-0.15, -0.1) is 0 Å². The molecule has 0 radical (unpaired) electrons. The molecule has 20 heavy (non-hydrogen) atoms. The molecule has 2 rings (SSSR count). The van der Waals surface area contributed by atoms with Gasteiger partial charge in [-0.25, -0.2) is 0 Å². The van der Waals surface area contributed by atoms with E-state index in [2.05, 4.69) is 24.1 Å². The molecule has 3 nitrogen and oxygen atoms in total. The molecule has 0 spiro atoms. The molecule has 1 saturated carbocycles. The molecule has 3 N–H and O–H groups in total. The first kappa shape index (κ1) is 15.3. The molecule has 0 aromatic carbocycles. The van der Waals surface area contributed by atoms with E-state index in [1.165, 1.54) is 44.1 Å². The van der Waals surface area contributed by atoms with Crippen molar-refractivity contribution in [1.29, 1.82) is 0 Å². The fourth-order valence-electron chi connectivity index (χ4n) is 3.65. The number of aromatic nitrogens is 1. The Bertz CT molecular complexity index is 397. The molecule has 112 valence electrons. The quantitative estimate of drug-likeness (QED) is 0.827. The van der Waals surface area contributed by atoms with Crippen molar-refractivity contribution in [1.82, 2.24) is 10.3 Å². The molecule has 1 aromatic heterocycles. The fraction of sp³-hybridized carbons (Fsp3) is 0.706. The van der Waals surface area contributed by atoms with E-state index in [0.29, 0.717) is 12.0 Å². The highest BCUT2D eigenvalue weighted by atomic mass is 14.9. The zero-order valence-electron chi connectivity index (χ0n) is 12.9. The van der Waals surface area contributed by atoms with Crippen LogP contribution < -0.4 is 11.1 Å². The lowest BCUT2D eigenvalue weighted by Gasteiger charge is -2.35. The SMILES string of the molecule is CCCC1CCC(C(NCC)c2cnccc2N)CC1.